The number of anilines is 2. The summed E-state index contributed by atoms with van der Waals surface area (Å²) in [6, 6.07) is 4.92. The highest BCUT2D eigenvalue weighted by Gasteiger charge is 2.57. The Balaban J connectivity index is 1.70. The number of alkyl halides is 5. The molecule has 0 radical (unpaired) electrons. The highest BCUT2D eigenvalue weighted by Crippen LogP contribution is 2.42. The Morgan fingerprint density at radius 3 is 2.59 bits per heavy atom. The van der Waals surface area contributed by atoms with E-state index >= 15 is 0 Å². The van der Waals surface area contributed by atoms with Crippen molar-refractivity contribution in [1.82, 2.24) is 15.3 Å². The van der Waals surface area contributed by atoms with E-state index in [1.165, 1.54) is 18.2 Å². The first-order valence-electron chi connectivity index (χ1n) is 9.86. The lowest BCUT2D eigenvalue weighted by atomic mass is 9.98. The van der Waals surface area contributed by atoms with E-state index in [2.05, 4.69) is 15.3 Å². The van der Waals surface area contributed by atoms with Crippen LogP contribution in [-0.2, 0) is 6.42 Å². The summed E-state index contributed by atoms with van der Waals surface area (Å²) in [4.78, 5) is 19.9. The molecule has 3 N–H and O–H groups in total. The van der Waals surface area contributed by atoms with Gasteiger partial charge in [-0.05, 0) is 38.1 Å². The minimum atomic E-state index is -5.81. The first-order valence-corrected chi connectivity index (χ1v) is 10.2. The van der Waals surface area contributed by atoms with Crippen molar-refractivity contribution in [3.8, 4) is 5.75 Å². The van der Waals surface area contributed by atoms with E-state index in [4.69, 9.17) is 16.3 Å². The minimum Gasteiger partial charge on any atom is -0.486 e. The van der Waals surface area contributed by atoms with Crippen LogP contribution in [0.5, 0.6) is 5.75 Å². The number of nitrogens with zero attached hydrogens (tertiary/aromatic N) is 1. The fraction of sp³-hybridized carbons (Fsp3) is 0.333. The summed E-state index contributed by atoms with van der Waals surface area (Å²) in [5.41, 5.74) is 0.509. The van der Waals surface area contributed by atoms with Crippen molar-refractivity contribution in [2.45, 2.75) is 38.0 Å². The molecule has 4 rings (SSSR count). The van der Waals surface area contributed by atoms with Crippen LogP contribution in [0.4, 0.5) is 38.0 Å². The zero-order chi connectivity index (χ0) is 25.1. The van der Waals surface area contributed by atoms with Gasteiger partial charge in [-0.3, -0.25) is 4.79 Å². The number of halogens is 7. The van der Waals surface area contributed by atoms with Crippen LogP contribution in [0, 0.1) is 5.82 Å². The second kappa shape index (κ2) is 7.97. The highest BCUT2D eigenvalue weighted by molar-refractivity contribution is 6.33. The standard InChI is InChI=1S/C21H17ClF6N4O2/c1-19(2)7-11-15-14(31-18(32-15)30-13-4-3-9(23)5-12(13)22)6-10(16(11)34-19)17(33)29-8-20(24,25)21(26,27)28/h3-6H,7-8H2,1-2H3,(H,29,33)(H2,30,31,32). The van der Waals surface area contributed by atoms with Crippen molar-refractivity contribution < 1.29 is 35.9 Å². The molecule has 1 aromatic heterocycles. The number of carbonyl (C=O) groups is 1. The van der Waals surface area contributed by atoms with Crippen molar-refractivity contribution in [3.63, 3.8) is 0 Å². The van der Waals surface area contributed by atoms with E-state index in [0.717, 1.165) is 6.07 Å². The number of hydrogen-bond donors (Lipinski definition) is 3. The van der Waals surface area contributed by atoms with Crippen molar-refractivity contribution >= 4 is 40.2 Å². The molecule has 13 heteroatoms. The Hall–Kier alpha value is -3.15. The van der Waals surface area contributed by atoms with Crippen LogP contribution in [0.1, 0.15) is 29.8 Å². The van der Waals surface area contributed by atoms with Crippen LogP contribution in [0.2, 0.25) is 5.02 Å². The Labute approximate surface area is 193 Å². The molecule has 0 saturated heterocycles. The molecule has 1 aliphatic heterocycles. The number of rotatable bonds is 5. The van der Waals surface area contributed by atoms with Gasteiger partial charge in [-0.1, -0.05) is 11.6 Å². The molecular formula is C21H17ClF6N4O2. The third-order valence-electron chi connectivity index (χ3n) is 5.12. The normalized spacial score (nSPS) is 15.2. The number of ether oxygens (including phenoxy) is 1. The maximum Gasteiger partial charge on any atom is 0.455 e. The van der Waals surface area contributed by atoms with Gasteiger partial charge >= 0.3 is 12.1 Å². The molecule has 0 spiro atoms. The van der Waals surface area contributed by atoms with Crippen LogP contribution in [0.15, 0.2) is 24.3 Å². The van der Waals surface area contributed by atoms with E-state index in [9.17, 15) is 31.1 Å². The van der Waals surface area contributed by atoms with Crippen molar-refractivity contribution in [2.24, 2.45) is 0 Å². The topological polar surface area (TPSA) is 79.0 Å². The van der Waals surface area contributed by atoms with E-state index in [0.29, 0.717) is 28.7 Å². The van der Waals surface area contributed by atoms with E-state index in [1.54, 1.807) is 19.2 Å². The summed E-state index contributed by atoms with van der Waals surface area (Å²) in [5.74, 6) is -6.58. The van der Waals surface area contributed by atoms with Gasteiger partial charge in [-0.25, -0.2) is 9.37 Å². The fourth-order valence-electron chi connectivity index (χ4n) is 3.55. The summed E-state index contributed by atoms with van der Waals surface area (Å²) < 4.78 is 83.1. The Morgan fingerprint density at radius 1 is 1.24 bits per heavy atom. The number of hydrogen-bond acceptors (Lipinski definition) is 4. The number of carbonyl (C=O) groups excluding carboxylic acids is 1. The lowest BCUT2D eigenvalue weighted by Crippen LogP contribution is -2.46. The van der Waals surface area contributed by atoms with Crippen molar-refractivity contribution in [2.75, 3.05) is 11.9 Å². The lowest BCUT2D eigenvalue weighted by molar-refractivity contribution is -0.278. The first kappa shape index (κ1) is 24.0. The summed E-state index contributed by atoms with van der Waals surface area (Å²) in [5, 5.41) is 4.60. The Kier molecular flexibility index (Phi) is 5.62. The van der Waals surface area contributed by atoms with Crippen molar-refractivity contribution in [3.05, 3.63) is 46.2 Å². The molecule has 2 aromatic carbocycles. The summed E-state index contributed by atoms with van der Waals surface area (Å²) in [6.07, 6.45) is -5.52. The third-order valence-corrected chi connectivity index (χ3v) is 5.43. The number of amides is 1. The maximum absolute atomic E-state index is 13.3. The largest absolute Gasteiger partial charge is 0.486 e. The SMILES string of the molecule is CC1(C)Cc2c(c(C(=O)NCC(F)(F)C(F)(F)F)cc3[nH]c(Nc4ccc(F)cc4Cl)nc23)O1. The number of fused-ring (bicyclic) bond motifs is 3. The molecule has 0 bridgehead atoms. The van der Waals surface area contributed by atoms with Crippen LogP contribution >= 0.6 is 11.6 Å². The molecule has 3 aromatic rings. The molecule has 1 aliphatic rings. The van der Waals surface area contributed by atoms with E-state index < -0.39 is 36.0 Å². The van der Waals surface area contributed by atoms with Crippen molar-refractivity contribution in [1.29, 1.82) is 0 Å². The Bertz CT molecular complexity index is 1290. The van der Waals surface area contributed by atoms with Gasteiger partial charge < -0.3 is 20.4 Å². The number of aromatic amines is 1. The number of imidazole rings is 1. The maximum atomic E-state index is 13.3. The van der Waals surface area contributed by atoms with Gasteiger partial charge in [0.2, 0.25) is 5.95 Å². The van der Waals surface area contributed by atoms with Gasteiger partial charge in [0, 0.05) is 12.0 Å². The summed E-state index contributed by atoms with van der Waals surface area (Å²) >= 11 is 6.02. The van der Waals surface area contributed by atoms with Gasteiger partial charge in [0.25, 0.3) is 5.91 Å². The van der Waals surface area contributed by atoms with Gasteiger partial charge in [0.15, 0.2) is 0 Å². The fourth-order valence-corrected chi connectivity index (χ4v) is 3.77. The van der Waals surface area contributed by atoms with Gasteiger partial charge in [-0.15, -0.1) is 0 Å². The highest BCUT2D eigenvalue weighted by atomic mass is 35.5. The summed E-state index contributed by atoms with van der Waals surface area (Å²) in [7, 11) is 0. The second-order valence-corrected chi connectivity index (χ2v) is 8.79. The summed E-state index contributed by atoms with van der Waals surface area (Å²) in [6.45, 7) is 1.52. The first-order chi connectivity index (χ1) is 15.7. The van der Waals surface area contributed by atoms with Gasteiger partial charge in [0.1, 0.15) is 17.2 Å². The van der Waals surface area contributed by atoms with Crippen LogP contribution < -0.4 is 15.4 Å². The zero-order valence-electron chi connectivity index (χ0n) is 17.6. The average Bonchev–Trinajstić information content (AvgIpc) is 3.25. The lowest BCUT2D eigenvalue weighted by Gasteiger charge is -2.20. The quantitative estimate of drug-likeness (QED) is 0.386. The monoisotopic (exact) mass is 506 g/mol. The molecule has 0 unspecified atom stereocenters. The predicted octanol–water partition coefficient (Wildman–Crippen LogP) is 5.74. The van der Waals surface area contributed by atoms with Crippen LogP contribution in [0.25, 0.3) is 11.0 Å². The van der Waals surface area contributed by atoms with Gasteiger partial charge in [-0.2, -0.15) is 22.0 Å². The van der Waals surface area contributed by atoms with Crippen LogP contribution in [0.3, 0.4) is 0 Å². The molecule has 0 aliphatic carbocycles. The minimum absolute atomic E-state index is 0.0446. The number of benzene rings is 2. The van der Waals surface area contributed by atoms with E-state index in [1.807, 2.05) is 0 Å². The smallest absolute Gasteiger partial charge is 0.455 e. The molecule has 0 fully saturated rings. The molecule has 2 heterocycles. The Morgan fingerprint density at radius 2 is 1.94 bits per heavy atom. The molecule has 0 saturated carbocycles. The molecular weight excluding hydrogens is 490 g/mol. The molecule has 182 valence electrons. The zero-order valence-corrected chi connectivity index (χ0v) is 18.4. The molecule has 34 heavy (non-hydrogen) atoms. The number of aromatic nitrogens is 2. The number of H-pyrrole nitrogens is 1. The van der Waals surface area contributed by atoms with Gasteiger partial charge in [0.05, 0.1) is 33.9 Å². The third kappa shape index (κ3) is 4.46. The van der Waals surface area contributed by atoms with Crippen LogP contribution in [-0.4, -0.2) is 40.1 Å². The molecule has 0 atom stereocenters. The second-order valence-electron chi connectivity index (χ2n) is 8.39. The predicted molar refractivity (Wildman–Crippen MR) is 113 cm³/mol. The average molecular weight is 507 g/mol. The van der Waals surface area contributed by atoms with E-state index in [-0.39, 0.29) is 22.3 Å². The number of nitrogens with one attached hydrogen (secondary N) is 3. The molecule has 6 nitrogen and oxygen atoms in total. The molecule has 1 amide bonds.